The summed E-state index contributed by atoms with van der Waals surface area (Å²) in [5, 5.41) is 11.8. The van der Waals surface area contributed by atoms with E-state index >= 15 is 0 Å². The standard InChI is InChI=1S/C33H36F5N3O/c1-2-5-30-39-32(25-8-12-28(34)13-9-25,26-10-14-29(35)15-11-26)31(42)41(30)19-4-18-40-20-16-23(17-21-40)24-6-3-7-27(22-24)33(36,37)38/h3,6-15,22-23,31,42H,2,4-5,16-21H2,1H3. The van der Waals surface area contributed by atoms with Crippen LogP contribution in [-0.4, -0.2) is 53.1 Å². The monoisotopic (exact) mass is 585 g/mol. The molecule has 1 atom stereocenters. The second kappa shape index (κ2) is 12.5. The van der Waals surface area contributed by atoms with Crippen LogP contribution in [0.5, 0.6) is 0 Å². The summed E-state index contributed by atoms with van der Waals surface area (Å²) in [6.07, 6.45) is -1.64. The molecule has 5 rings (SSSR count). The Labute approximate surface area is 243 Å². The van der Waals surface area contributed by atoms with Gasteiger partial charge in [0.1, 0.15) is 17.5 Å². The zero-order chi connectivity index (χ0) is 29.9. The number of hydrogen-bond donors (Lipinski definition) is 1. The van der Waals surface area contributed by atoms with Crippen molar-refractivity contribution in [2.24, 2.45) is 4.99 Å². The van der Waals surface area contributed by atoms with E-state index in [1.54, 1.807) is 30.3 Å². The van der Waals surface area contributed by atoms with Gasteiger partial charge in [-0.05, 0) is 98.3 Å². The summed E-state index contributed by atoms with van der Waals surface area (Å²) >= 11 is 0. The fraction of sp³-hybridized carbons (Fsp3) is 0.424. The second-order valence-corrected chi connectivity index (χ2v) is 11.2. The maximum absolute atomic E-state index is 13.8. The maximum Gasteiger partial charge on any atom is 0.416 e. The minimum absolute atomic E-state index is 0.0966. The van der Waals surface area contributed by atoms with E-state index in [1.807, 2.05) is 11.8 Å². The minimum Gasteiger partial charge on any atom is -0.370 e. The number of benzene rings is 3. The third-order valence-corrected chi connectivity index (χ3v) is 8.49. The molecule has 4 nitrogen and oxygen atoms in total. The number of likely N-dealkylation sites (tertiary alicyclic amines) is 1. The molecule has 1 saturated heterocycles. The van der Waals surface area contributed by atoms with Gasteiger partial charge in [0.2, 0.25) is 0 Å². The molecule has 1 N–H and O–H groups in total. The van der Waals surface area contributed by atoms with Crippen LogP contribution in [-0.2, 0) is 11.7 Å². The normalized spacial score (nSPS) is 19.7. The van der Waals surface area contributed by atoms with Gasteiger partial charge in [-0.15, -0.1) is 0 Å². The van der Waals surface area contributed by atoms with Crippen molar-refractivity contribution in [1.82, 2.24) is 9.80 Å². The Morgan fingerprint density at radius 2 is 1.48 bits per heavy atom. The third kappa shape index (κ3) is 6.22. The molecule has 1 unspecified atom stereocenters. The number of piperidine rings is 1. The molecule has 2 heterocycles. The number of aliphatic hydroxyl groups is 1. The van der Waals surface area contributed by atoms with Crippen molar-refractivity contribution in [1.29, 1.82) is 0 Å². The van der Waals surface area contributed by atoms with Crippen LogP contribution in [0.4, 0.5) is 22.0 Å². The molecular formula is C33H36F5N3O. The molecular weight excluding hydrogens is 549 g/mol. The number of alkyl halides is 3. The predicted molar refractivity (Wildman–Crippen MR) is 153 cm³/mol. The molecule has 2 aliphatic heterocycles. The lowest BCUT2D eigenvalue weighted by Gasteiger charge is -2.36. The highest BCUT2D eigenvalue weighted by molar-refractivity contribution is 5.86. The summed E-state index contributed by atoms with van der Waals surface area (Å²) in [5.41, 5.74) is 0.151. The number of aliphatic imine (C=N–C) groups is 1. The summed E-state index contributed by atoms with van der Waals surface area (Å²) in [6.45, 7) is 4.93. The van der Waals surface area contributed by atoms with Crippen LogP contribution in [0, 0.1) is 11.6 Å². The summed E-state index contributed by atoms with van der Waals surface area (Å²) in [5.74, 6) is 0.0556. The third-order valence-electron chi connectivity index (χ3n) is 8.49. The Morgan fingerprint density at radius 3 is 2.02 bits per heavy atom. The van der Waals surface area contributed by atoms with E-state index in [4.69, 9.17) is 4.99 Å². The molecule has 2 aliphatic rings. The van der Waals surface area contributed by atoms with Crippen molar-refractivity contribution in [3.8, 4) is 0 Å². The highest BCUT2D eigenvalue weighted by Gasteiger charge is 2.50. The lowest BCUT2D eigenvalue weighted by Crippen LogP contribution is -2.47. The second-order valence-electron chi connectivity index (χ2n) is 11.2. The quantitative estimate of drug-likeness (QED) is 0.267. The van der Waals surface area contributed by atoms with Gasteiger partial charge in [-0.3, -0.25) is 4.99 Å². The van der Waals surface area contributed by atoms with Crippen molar-refractivity contribution in [2.75, 3.05) is 26.2 Å². The van der Waals surface area contributed by atoms with E-state index in [0.29, 0.717) is 24.1 Å². The first-order valence-electron chi connectivity index (χ1n) is 14.6. The minimum atomic E-state index is -4.35. The number of halogens is 5. The van der Waals surface area contributed by atoms with Gasteiger partial charge in [0.05, 0.1) is 5.56 Å². The van der Waals surface area contributed by atoms with Crippen molar-refractivity contribution >= 4 is 5.84 Å². The van der Waals surface area contributed by atoms with Crippen LogP contribution in [0.3, 0.4) is 0 Å². The summed E-state index contributed by atoms with van der Waals surface area (Å²) in [6, 6.07) is 17.5. The Kier molecular flexibility index (Phi) is 8.99. The molecule has 0 bridgehead atoms. The topological polar surface area (TPSA) is 39.1 Å². The van der Waals surface area contributed by atoms with E-state index in [-0.39, 0.29) is 5.92 Å². The van der Waals surface area contributed by atoms with Gasteiger partial charge in [0, 0.05) is 13.0 Å². The Bertz CT molecular complexity index is 1320. The maximum atomic E-state index is 13.8. The van der Waals surface area contributed by atoms with Crippen LogP contribution >= 0.6 is 0 Å². The van der Waals surface area contributed by atoms with Crippen LogP contribution in [0.25, 0.3) is 0 Å². The smallest absolute Gasteiger partial charge is 0.370 e. The number of rotatable bonds is 9. The molecule has 224 valence electrons. The lowest BCUT2D eigenvalue weighted by atomic mass is 9.82. The molecule has 1 fully saturated rings. The lowest BCUT2D eigenvalue weighted by molar-refractivity contribution is -0.137. The van der Waals surface area contributed by atoms with E-state index in [1.165, 1.54) is 36.4 Å². The molecule has 0 amide bonds. The number of amidine groups is 1. The fourth-order valence-corrected chi connectivity index (χ4v) is 6.29. The zero-order valence-electron chi connectivity index (χ0n) is 23.6. The molecule has 0 aliphatic carbocycles. The van der Waals surface area contributed by atoms with Gasteiger partial charge in [-0.25, -0.2) is 8.78 Å². The molecule has 0 aromatic heterocycles. The zero-order valence-corrected chi connectivity index (χ0v) is 23.6. The SMILES string of the molecule is CCCC1=NC(c2ccc(F)cc2)(c2ccc(F)cc2)C(O)N1CCCN1CCC(c2cccc(C(F)(F)F)c2)CC1. The average Bonchev–Trinajstić information content (AvgIpc) is 3.25. The fourth-order valence-electron chi connectivity index (χ4n) is 6.29. The van der Waals surface area contributed by atoms with Gasteiger partial charge in [-0.2, -0.15) is 13.2 Å². The van der Waals surface area contributed by atoms with E-state index in [2.05, 4.69) is 4.90 Å². The Balaban J connectivity index is 1.27. The highest BCUT2D eigenvalue weighted by Crippen LogP contribution is 2.44. The first kappa shape index (κ1) is 30.2. The molecule has 0 saturated carbocycles. The van der Waals surface area contributed by atoms with Crippen LogP contribution in [0.2, 0.25) is 0 Å². The van der Waals surface area contributed by atoms with Crippen LogP contribution in [0.1, 0.15) is 67.2 Å². The summed E-state index contributed by atoms with van der Waals surface area (Å²) < 4.78 is 67.2. The summed E-state index contributed by atoms with van der Waals surface area (Å²) in [4.78, 5) is 9.28. The molecule has 3 aromatic rings. The molecule has 3 aromatic carbocycles. The van der Waals surface area contributed by atoms with Crippen molar-refractivity contribution < 1.29 is 27.1 Å². The van der Waals surface area contributed by atoms with E-state index < -0.39 is 35.1 Å². The predicted octanol–water partition coefficient (Wildman–Crippen LogP) is 7.33. The van der Waals surface area contributed by atoms with Gasteiger partial charge in [-0.1, -0.05) is 49.4 Å². The van der Waals surface area contributed by atoms with E-state index in [9.17, 15) is 27.1 Å². The van der Waals surface area contributed by atoms with Crippen molar-refractivity contribution in [2.45, 2.75) is 62.9 Å². The first-order valence-corrected chi connectivity index (χ1v) is 14.6. The first-order chi connectivity index (χ1) is 20.1. The van der Waals surface area contributed by atoms with Crippen molar-refractivity contribution in [3.63, 3.8) is 0 Å². The summed E-state index contributed by atoms with van der Waals surface area (Å²) in [7, 11) is 0. The van der Waals surface area contributed by atoms with Crippen molar-refractivity contribution in [3.05, 3.63) is 107 Å². The van der Waals surface area contributed by atoms with Crippen LogP contribution < -0.4 is 0 Å². The van der Waals surface area contributed by atoms with Crippen LogP contribution in [0.15, 0.2) is 77.8 Å². The van der Waals surface area contributed by atoms with Gasteiger partial charge in [0.25, 0.3) is 0 Å². The van der Waals surface area contributed by atoms with Gasteiger partial charge in [0.15, 0.2) is 11.8 Å². The molecule has 42 heavy (non-hydrogen) atoms. The van der Waals surface area contributed by atoms with Gasteiger partial charge >= 0.3 is 6.18 Å². The molecule has 0 radical (unpaired) electrons. The number of hydrogen-bond acceptors (Lipinski definition) is 4. The number of nitrogens with zero attached hydrogens (tertiary/aromatic N) is 3. The Hall–Kier alpha value is -3.30. The number of aliphatic hydroxyl groups excluding tert-OH is 1. The molecule has 9 heteroatoms. The van der Waals surface area contributed by atoms with Gasteiger partial charge < -0.3 is 14.9 Å². The largest absolute Gasteiger partial charge is 0.416 e. The average molecular weight is 586 g/mol. The Morgan fingerprint density at radius 1 is 0.881 bits per heavy atom. The molecule has 0 spiro atoms. The van der Waals surface area contributed by atoms with E-state index in [0.717, 1.165) is 62.8 Å². The highest BCUT2D eigenvalue weighted by atomic mass is 19.4.